The van der Waals surface area contributed by atoms with E-state index in [9.17, 15) is 9.59 Å². The number of hydrogen-bond acceptors (Lipinski definition) is 4. The molecule has 2 atom stereocenters. The van der Waals surface area contributed by atoms with E-state index in [2.05, 4.69) is 16.9 Å². The van der Waals surface area contributed by atoms with Crippen molar-refractivity contribution in [2.45, 2.75) is 30.9 Å². The second-order valence-corrected chi connectivity index (χ2v) is 6.35. The van der Waals surface area contributed by atoms with Gasteiger partial charge in [0.15, 0.2) is 0 Å². The normalized spacial score (nSPS) is 26.5. The highest BCUT2D eigenvalue weighted by molar-refractivity contribution is 8.00. The predicted molar refractivity (Wildman–Crippen MR) is 75.9 cm³/mol. The maximum atomic E-state index is 12.3. The molecule has 2 rings (SSSR count). The fourth-order valence-corrected chi connectivity index (χ4v) is 3.63. The van der Waals surface area contributed by atoms with E-state index in [1.54, 1.807) is 11.8 Å². The summed E-state index contributed by atoms with van der Waals surface area (Å²) in [6, 6.07) is 0. The highest BCUT2D eigenvalue weighted by Gasteiger charge is 2.31. The van der Waals surface area contributed by atoms with E-state index in [1.165, 1.54) is 7.11 Å². The molecule has 106 valence electrons. The number of carbonyl (C=O) groups is 2. The Kier molecular flexibility index (Phi) is 5.31. The lowest BCUT2D eigenvalue weighted by atomic mass is 9.93. The molecule has 1 fully saturated rings. The summed E-state index contributed by atoms with van der Waals surface area (Å²) in [4.78, 5) is 25.4. The maximum absolute atomic E-state index is 12.3. The van der Waals surface area contributed by atoms with Crippen LogP contribution in [0.15, 0.2) is 12.2 Å². The molecule has 1 aliphatic heterocycles. The number of carbonyl (C=O) groups excluding carboxylic acids is 2. The first-order valence-corrected chi connectivity index (χ1v) is 7.87. The minimum Gasteiger partial charge on any atom is -0.468 e. The van der Waals surface area contributed by atoms with Gasteiger partial charge in [-0.25, -0.2) is 0 Å². The highest BCUT2D eigenvalue weighted by Crippen LogP contribution is 2.27. The van der Waals surface area contributed by atoms with Crippen LogP contribution in [0, 0.1) is 5.92 Å². The van der Waals surface area contributed by atoms with Gasteiger partial charge in [0, 0.05) is 24.3 Å². The molecule has 4 nitrogen and oxygen atoms in total. The Morgan fingerprint density at radius 1 is 1.37 bits per heavy atom. The number of thioether (sulfide) groups is 1. The Hall–Kier alpha value is -0.970. The van der Waals surface area contributed by atoms with Crippen LogP contribution in [-0.4, -0.2) is 48.0 Å². The standard InChI is InChI=1S/C14H21NO3S/c1-18-13(16)10-19-12-7-8-15(9-12)14(17)11-5-3-2-4-6-11/h2-3,11-12H,4-10H2,1H3/t11-,12+/m0/s1. The summed E-state index contributed by atoms with van der Waals surface area (Å²) in [5, 5.41) is 0.377. The van der Waals surface area contributed by atoms with Gasteiger partial charge >= 0.3 is 5.97 Å². The molecule has 0 N–H and O–H groups in total. The zero-order valence-corrected chi connectivity index (χ0v) is 12.2. The largest absolute Gasteiger partial charge is 0.468 e. The summed E-state index contributed by atoms with van der Waals surface area (Å²) in [6.07, 6.45) is 8.14. The van der Waals surface area contributed by atoms with Crippen LogP contribution in [0.25, 0.3) is 0 Å². The Bertz CT molecular complexity index is 370. The van der Waals surface area contributed by atoms with E-state index in [0.717, 1.165) is 38.8 Å². The number of ether oxygens (including phenoxy) is 1. The number of nitrogens with zero attached hydrogens (tertiary/aromatic N) is 1. The average molecular weight is 283 g/mol. The number of rotatable bonds is 4. The first kappa shape index (κ1) is 14.4. The number of methoxy groups -OCH3 is 1. The second-order valence-electron chi connectivity index (χ2n) is 5.06. The fourth-order valence-electron chi connectivity index (χ4n) is 2.59. The van der Waals surface area contributed by atoms with Gasteiger partial charge in [0.2, 0.25) is 5.91 Å². The van der Waals surface area contributed by atoms with Crippen molar-refractivity contribution in [3.63, 3.8) is 0 Å². The third kappa shape index (κ3) is 4.00. The van der Waals surface area contributed by atoms with E-state index in [4.69, 9.17) is 0 Å². The van der Waals surface area contributed by atoms with Crippen LogP contribution < -0.4 is 0 Å². The Morgan fingerprint density at radius 2 is 2.21 bits per heavy atom. The van der Waals surface area contributed by atoms with Gasteiger partial charge in [0.1, 0.15) is 0 Å². The number of hydrogen-bond donors (Lipinski definition) is 0. The van der Waals surface area contributed by atoms with Crippen LogP contribution in [0.1, 0.15) is 25.7 Å². The predicted octanol–water partition coefficient (Wildman–Crippen LogP) is 1.85. The molecule has 0 aromatic rings. The summed E-state index contributed by atoms with van der Waals surface area (Å²) in [5.41, 5.74) is 0. The molecule has 0 saturated carbocycles. The van der Waals surface area contributed by atoms with Gasteiger partial charge < -0.3 is 9.64 Å². The van der Waals surface area contributed by atoms with Gasteiger partial charge in [0.25, 0.3) is 0 Å². The first-order chi connectivity index (χ1) is 9.20. The molecule has 0 bridgehead atoms. The maximum Gasteiger partial charge on any atom is 0.315 e. The van der Waals surface area contributed by atoms with Gasteiger partial charge in [-0.2, -0.15) is 0 Å². The van der Waals surface area contributed by atoms with Crippen LogP contribution in [0.2, 0.25) is 0 Å². The molecule has 1 saturated heterocycles. The summed E-state index contributed by atoms with van der Waals surface area (Å²) >= 11 is 1.60. The van der Waals surface area contributed by atoms with Crippen molar-refractivity contribution < 1.29 is 14.3 Å². The minimum atomic E-state index is -0.188. The quantitative estimate of drug-likeness (QED) is 0.583. The van der Waals surface area contributed by atoms with Gasteiger partial charge in [-0.1, -0.05) is 12.2 Å². The molecule has 1 amide bonds. The molecule has 0 aromatic carbocycles. The van der Waals surface area contributed by atoms with E-state index in [0.29, 0.717) is 16.9 Å². The summed E-state index contributed by atoms with van der Waals surface area (Å²) < 4.78 is 4.63. The number of esters is 1. The van der Waals surface area contributed by atoms with Crippen molar-refractivity contribution in [2.75, 3.05) is 26.0 Å². The fraction of sp³-hybridized carbons (Fsp3) is 0.714. The molecule has 0 spiro atoms. The van der Waals surface area contributed by atoms with Crippen molar-refractivity contribution in [3.05, 3.63) is 12.2 Å². The Balaban J connectivity index is 1.76. The molecule has 5 heteroatoms. The van der Waals surface area contributed by atoms with Crippen LogP contribution in [0.3, 0.4) is 0 Å². The van der Waals surface area contributed by atoms with Crippen LogP contribution in [-0.2, 0) is 14.3 Å². The van der Waals surface area contributed by atoms with E-state index in [1.807, 2.05) is 4.90 Å². The van der Waals surface area contributed by atoms with Gasteiger partial charge in [-0.05, 0) is 25.7 Å². The van der Waals surface area contributed by atoms with Crippen molar-refractivity contribution in [2.24, 2.45) is 5.92 Å². The molecule has 19 heavy (non-hydrogen) atoms. The molecule has 0 aromatic heterocycles. The molecule has 0 radical (unpaired) electrons. The lowest BCUT2D eigenvalue weighted by Gasteiger charge is -2.24. The third-order valence-corrected chi connectivity index (χ3v) is 5.00. The first-order valence-electron chi connectivity index (χ1n) is 6.83. The highest BCUT2D eigenvalue weighted by atomic mass is 32.2. The summed E-state index contributed by atoms with van der Waals surface area (Å²) in [7, 11) is 1.41. The van der Waals surface area contributed by atoms with Gasteiger partial charge in [-0.3, -0.25) is 9.59 Å². The molecule has 2 aliphatic rings. The molecule has 0 unspecified atom stereocenters. The van der Waals surface area contributed by atoms with E-state index < -0.39 is 0 Å². The molecule has 1 heterocycles. The van der Waals surface area contributed by atoms with Crippen molar-refractivity contribution in [1.29, 1.82) is 0 Å². The average Bonchev–Trinajstić information content (AvgIpc) is 2.93. The monoisotopic (exact) mass is 283 g/mol. The van der Waals surface area contributed by atoms with E-state index >= 15 is 0 Å². The second kappa shape index (κ2) is 6.98. The molecule has 1 aliphatic carbocycles. The van der Waals surface area contributed by atoms with Crippen LogP contribution in [0.5, 0.6) is 0 Å². The van der Waals surface area contributed by atoms with E-state index in [-0.39, 0.29) is 11.9 Å². The summed E-state index contributed by atoms with van der Waals surface area (Å²) in [5.74, 6) is 0.669. The van der Waals surface area contributed by atoms with Gasteiger partial charge in [0.05, 0.1) is 12.9 Å². The van der Waals surface area contributed by atoms with Crippen LogP contribution in [0.4, 0.5) is 0 Å². The summed E-state index contributed by atoms with van der Waals surface area (Å²) in [6.45, 7) is 1.61. The lowest BCUT2D eigenvalue weighted by molar-refractivity contribution is -0.137. The third-order valence-electron chi connectivity index (χ3n) is 3.74. The Morgan fingerprint density at radius 3 is 2.89 bits per heavy atom. The molecular formula is C14H21NO3S. The number of likely N-dealkylation sites (tertiary alicyclic amines) is 1. The Labute approximate surface area is 118 Å². The van der Waals surface area contributed by atoms with Crippen molar-refractivity contribution >= 4 is 23.6 Å². The number of amides is 1. The SMILES string of the molecule is COC(=O)CS[C@@H]1CCN(C(=O)[C@H]2CC=CCC2)C1. The topological polar surface area (TPSA) is 46.6 Å². The van der Waals surface area contributed by atoms with Gasteiger partial charge in [-0.15, -0.1) is 11.8 Å². The van der Waals surface area contributed by atoms with Crippen molar-refractivity contribution in [3.8, 4) is 0 Å². The lowest BCUT2D eigenvalue weighted by Crippen LogP contribution is -2.35. The van der Waals surface area contributed by atoms with Crippen LogP contribution >= 0.6 is 11.8 Å². The smallest absolute Gasteiger partial charge is 0.315 e. The molecular weight excluding hydrogens is 262 g/mol. The zero-order valence-electron chi connectivity index (χ0n) is 11.3. The van der Waals surface area contributed by atoms with Crippen molar-refractivity contribution in [1.82, 2.24) is 4.90 Å². The minimum absolute atomic E-state index is 0.175. The number of allylic oxidation sites excluding steroid dienone is 2. The zero-order chi connectivity index (χ0) is 13.7.